The van der Waals surface area contributed by atoms with Crippen molar-refractivity contribution in [3.05, 3.63) is 58.9 Å². The molecule has 1 aromatic heterocycles. The van der Waals surface area contributed by atoms with Gasteiger partial charge in [0.2, 0.25) is 0 Å². The molecule has 0 spiro atoms. The van der Waals surface area contributed by atoms with Crippen molar-refractivity contribution in [3.63, 3.8) is 0 Å². The number of fused-ring (bicyclic) bond motifs is 2. The Balaban J connectivity index is 1.41. The summed E-state index contributed by atoms with van der Waals surface area (Å²) in [5.74, 6) is 0. The highest BCUT2D eigenvalue weighted by atomic mass is 28.4. The van der Waals surface area contributed by atoms with Gasteiger partial charge in [0.15, 0.2) is 8.32 Å². The molecule has 5 rings (SSSR count). The summed E-state index contributed by atoms with van der Waals surface area (Å²) in [7, 11) is -1.79. The molecular weight excluding hydrogens is 605 g/mol. The van der Waals surface area contributed by atoms with Crippen LogP contribution in [0.5, 0.6) is 0 Å². The Morgan fingerprint density at radius 3 is 2.51 bits per heavy atom. The van der Waals surface area contributed by atoms with Crippen molar-refractivity contribution in [2.75, 3.05) is 50.9 Å². The number of unbranched alkanes of at least 4 members (excludes halogenated alkanes) is 1. The Kier molecular flexibility index (Phi) is 11.4. The molecule has 2 aliphatic heterocycles. The molecule has 0 unspecified atom stereocenters. The number of hydrogen-bond acceptors (Lipinski definition) is 7. The molecule has 3 aliphatic rings. The van der Waals surface area contributed by atoms with Gasteiger partial charge in [0, 0.05) is 44.7 Å². The Morgan fingerprint density at radius 1 is 1.04 bits per heavy atom. The van der Waals surface area contributed by atoms with E-state index in [2.05, 4.69) is 74.0 Å². The van der Waals surface area contributed by atoms with E-state index < -0.39 is 13.9 Å². The third kappa shape index (κ3) is 8.96. The second-order valence-corrected chi connectivity index (χ2v) is 21.1. The molecule has 0 saturated carbocycles. The van der Waals surface area contributed by atoms with Crippen LogP contribution in [-0.2, 0) is 33.3 Å². The van der Waals surface area contributed by atoms with Crippen LogP contribution in [0.15, 0.2) is 36.5 Å². The molecule has 0 bridgehead atoms. The Labute approximate surface area is 285 Å². The van der Waals surface area contributed by atoms with Crippen LogP contribution in [0, 0.1) is 0 Å². The number of anilines is 1. The van der Waals surface area contributed by atoms with E-state index in [4.69, 9.17) is 18.9 Å². The number of morpholine rings is 1. The maximum atomic E-state index is 13.9. The maximum absolute atomic E-state index is 13.9. The second kappa shape index (κ2) is 15.0. The van der Waals surface area contributed by atoms with E-state index in [-0.39, 0.29) is 23.2 Å². The van der Waals surface area contributed by atoms with Gasteiger partial charge in [-0.05, 0) is 113 Å². The topological polar surface area (TPSA) is 67.4 Å². The first-order chi connectivity index (χ1) is 22.2. The van der Waals surface area contributed by atoms with Crippen LogP contribution in [0.3, 0.4) is 0 Å². The first kappa shape index (κ1) is 35.8. The van der Waals surface area contributed by atoms with Crippen molar-refractivity contribution in [3.8, 4) is 0 Å². The molecule has 9 heteroatoms. The lowest BCUT2D eigenvalue weighted by molar-refractivity contribution is 0.00450. The summed E-state index contributed by atoms with van der Waals surface area (Å²) in [6, 6.07) is 11.1. The lowest BCUT2D eigenvalue weighted by atomic mass is 9.88. The smallest absolute Gasteiger partial charge is 0.410 e. The summed E-state index contributed by atoms with van der Waals surface area (Å²) < 4.78 is 18.3. The summed E-state index contributed by atoms with van der Waals surface area (Å²) >= 11 is 0. The third-order valence-electron chi connectivity index (χ3n) is 10.6. The molecule has 8 nitrogen and oxygen atoms in total. The molecule has 1 aliphatic carbocycles. The van der Waals surface area contributed by atoms with Crippen molar-refractivity contribution in [1.29, 1.82) is 0 Å². The summed E-state index contributed by atoms with van der Waals surface area (Å²) in [5, 5.41) is 0.207. The van der Waals surface area contributed by atoms with Gasteiger partial charge in [-0.25, -0.2) is 4.79 Å². The van der Waals surface area contributed by atoms with Gasteiger partial charge in [-0.15, -0.1) is 0 Å². The van der Waals surface area contributed by atoms with E-state index in [1.807, 2.05) is 31.9 Å². The van der Waals surface area contributed by atoms with Crippen LogP contribution >= 0.6 is 0 Å². The highest BCUT2D eigenvalue weighted by Gasteiger charge is 2.39. The van der Waals surface area contributed by atoms with E-state index in [1.54, 1.807) is 0 Å². The number of pyridine rings is 1. The van der Waals surface area contributed by atoms with Crippen LogP contribution in [0.2, 0.25) is 18.1 Å². The number of nitrogens with zero attached hydrogens (tertiary/aromatic N) is 4. The highest BCUT2D eigenvalue weighted by molar-refractivity contribution is 6.74. The molecule has 3 heterocycles. The number of carbonyl (C=O) groups excluding carboxylic acids is 1. The van der Waals surface area contributed by atoms with Gasteiger partial charge in [-0.2, -0.15) is 0 Å². The van der Waals surface area contributed by atoms with Gasteiger partial charge < -0.3 is 18.8 Å². The number of ether oxygens (including phenoxy) is 2. The van der Waals surface area contributed by atoms with E-state index >= 15 is 0 Å². The fourth-order valence-corrected chi connectivity index (χ4v) is 8.10. The monoisotopic (exact) mass is 664 g/mol. The zero-order chi connectivity index (χ0) is 33.8. The molecule has 47 heavy (non-hydrogen) atoms. The van der Waals surface area contributed by atoms with Crippen molar-refractivity contribution in [2.24, 2.45) is 0 Å². The van der Waals surface area contributed by atoms with Gasteiger partial charge in [0.05, 0.1) is 31.0 Å². The SMILES string of the molecule is CC(C)(C)OC(=O)N1Cc2cccc(N3CCOCC3)c2C[C@@H]1CN(CCCCO[Si](C)(C)C(C)(C)C)[C@H]1CCCc2cccnc21. The van der Waals surface area contributed by atoms with Crippen molar-refractivity contribution < 1.29 is 18.7 Å². The van der Waals surface area contributed by atoms with Crippen LogP contribution in [0.25, 0.3) is 0 Å². The molecule has 260 valence electrons. The van der Waals surface area contributed by atoms with Crippen LogP contribution in [0.1, 0.15) is 95.7 Å². The minimum Gasteiger partial charge on any atom is -0.444 e. The number of carbonyl (C=O) groups is 1. The minimum absolute atomic E-state index is 0.0166. The van der Waals surface area contributed by atoms with Crippen molar-refractivity contribution >= 4 is 20.1 Å². The third-order valence-corrected chi connectivity index (χ3v) is 15.1. The molecule has 1 aromatic carbocycles. The van der Waals surface area contributed by atoms with Gasteiger partial charge in [-0.3, -0.25) is 14.8 Å². The standard InChI is InChI=1S/C38H60N4O4Si/c1-37(2,3)46-36(43)42-27-30-15-12-17-33(40-21-24-44-25-22-40)32(30)26-31(42)28-41(20-9-10-23-45-47(7,8)38(4,5)6)34-18-11-14-29-16-13-19-39-35(29)34/h12-13,15-17,19,31,34H,9-11,14,18,20-28H2,1-8H3/t31-,34+/m1/s1. The van der Waals surface area contributed by atoms with Gasteiger partial charge >= 0.3 is 6.09 Å². The van der Waals surface area contributed by atoms with E-state index in [0.717, 1.165) is 84.5 Å². The van der Waals surface area contributed by atoms with Gasteiger partial charge in [-0.1, -0.05) is 39.0 Å². The zero-order valence-electron chi connectivity index (χ0n) is 30.4. The quantitative estimate of drug-likeness (QED) is 0.190. The fourth-order valence-electron chi connectivity index (χ4n) is 7.01. The minimum atomic E-state index is -1.79. The normalized spacial score (nSPS) is 20.6. The summed E-state index contributed by atoms with van der Waals surface area (Å²) in [5.41, 5.74) is 5.89. The largest absolute Gasteiger partial charge is 0.444 e. The fraction of sp³-hybridized carbons (Fsp3) is 0.684. The van der Waals surface area contributed by atoms with E-state index in [1.165, 1.54) is 28.1 Å². The number of benzene rings is 1. The number of hydrogen-bond donors (Lipinski definition) is 0. The molecular formula is C38H60N4O4Si. The summed E-state index contributed by atoms with van der Waals surface area (Å²) in [6.45, 7) is 23.8. The number of amides is 1. The second-order valence-electron chi connectivity index (χ2n) is 16.2. The van der Waals surface area contributed by atoms with Gasteiger partial charge in [0.25, 0.3) is 0 Å². The van der Waals surface area contributed by atoms with Crippen molar-refractivity contribution in [2.45, 2.75) is 122 Å². The van der Waals surface area contributed by atoms with Crippen LogP contribution in [-0.4, -0.2) is 86.8 Å². The Bertz CT molecular complexity index is 1350. The number of aryl methyl sites for hydroxylation is 1. The average Bonchev–Trinajstić information content (AvgIpc) is 3.02. The zero-order valence-corrected chi connectivity index (χ0v) is 31.4. The Morgan fingerprint density at radius 2 is 1.79 bits per heavy atom. The lowest BCUT2D eigenvalue weighted by Gasteiger charge is -2.44. The number of rotatable bonds is 10. The molecule has 1 saturated heterocycles. The first-order valence-electron chi connectivity index (χ1n) is 18.0. The van der Waals surface area contributed by atoms with E-state index in [0.29, 0.717) is 6.54 Å². The molecule has 0 radical (unpaired) electrons. The van der Waals surface area contributed by atoms with Gasteiger partial charge in [0.1, 0.15) is 5.60 Å². The molecule has 0 N–H and O–H groups in total. The molecule has 1 fully saturated rings. The maximum Gasteiger partial charge on any atom is 0.410 e. The lowest BCUT2D eigenvalue weighted by Crippen LogP contribution is -2.52. The predicted molar refractivity (Wildman–Crippen MR) is 193 cm³/mol. The number of aromatic nitrogens is 1. The van der Waals surface area contributed by atoms with Crippen LogP contribution in [0.4, 0.5) is 10.5 Å². The summed E-state index contributed by atoms with van der Waals surface area (Å²) in [4.78, 5) is 25.9. The van der Waals surface area contributed by atoms with Crippen molar-refractivity contribution in [1.82, 2.24) is 14.8 Å². The highest BCUT2D eigenvalue weighted by Crippen LogP contribution is 2.38. The molecule has 2 atom stereocenters. The molecule has 1 amide bonds. The average molecular weight is 665 g/mol. The Hall–Kier alpha value is -2.46. The summed E-state index contributed by atoms with van der Waals surface area (Å²) in [6.07, 6.45) is 7.90. The molecule has 2 aromatic rings. The van der Waals surface area contributed by atoms with Crippen LogP contribution < -0.4 is 4.90 Å². The first-order valence-corrected chi connectivity index (χ1v) is 20.9. The van der Waals surface area contributed by atoms with E-state index in [9.17, 15) is 4.79 Å². The predicted octanol–water partition coefficient (Wildman–Crippen LogP) is 7.76.